The minimum Gasteiger partial charge on any atom is -0.483 e. The van der Waals surface area contributed by atoms with Crippen LogP contribution >= 0.6 is 22.6 Å². The normalized spacial score (nSPS) is 14.7. The van der Waals surface area contributed by atoms with Crippen molar-refractivity contribution >= 4 is 28.5 Å². The predicted octanol–water partition coefficient (Wildman–Crippen LogP) is 1.95. The Balaban J connectivity index is 1.81. The molecule has 1 fully saturated rings. The number of ether oxygens (including phenoxy) is 1. The Morgan fingerprint density at radius 2 is 2.20 bits per heavy atom. The lowest BCUT2D eigenvalue weighted by atomic mass is 10.3. The van der Waals surface area contributed by atoms with E-state index in [1.54, 1.807) is 0 Å². The molecule has 3 nitrogen and oxygen atoms in total. The second-order valence-corrected chi connectivity index (χ2v) is 4.72. The van der Waals surface area contributed by atoms with Gasteiger partial charge in [0.1, 0.15) is 5.75 Å². The number of carbonyl (C=O) groups is 1. The average Bonchev–Trinajstić information content (AvgIpc) is 3.00. The Hall–Kier alpha value is -0.780. The van der Waals surface area contributed by atoms with Crippen molar-refractivity contribution in [1.82, 2.24) is 5.32 Å². The van der Waals surface area contributed by atoms with Crippen molar-refractivity contribution in [3.63, 3.8) is 0 Å². The van der Waals surface area contributed by atoms with Crippen LogP contribution in [-0.2, 0) is 4.79 Å². The summed E-state index contributed by atoms with van der Waals surface area (Å²) in [6.07, 6.45) is 2.21. The smallest absolute Gasteiger partial charge is 0.258 e. The molecule has 1 N–H and O–H groups in total. The molecular formula is C11H12INO2. The fourth-order valence-corrected chi connectivity index (χ4v) is 1.75. The van der Waals surface area contributed by atoms with E-state index in [2.05, 4.69) is 27.9 Å². The summed E-state index contributed by atoms with van der Waals surface area (Å²) >= 11 is 2.19. The highest BCUT2D eigenvalue weighted by Crippen LogP contribution is 2.20. The molecule has 1 aromatic carbocycles. The predicted molar refractivity (Wildman–Crippen MR) is 65.8 cm³/mol. The van der Waals surface area contributed by atoms with E-state index in [1.807, 2.05) is 24.3 Å². The van der Waals surface area contributed by atoms with E-state index >= 15 is 0 Å². The van der Waals surface area contributed by atoms with Gasteiger partial charge in [-0.1, -0.05) is 12.1 Å². The van der Waals surface area contributed by atoms with Crippen LogP contribution in [-0.4, -0.2) is 18.6 Å². The summed E-state index contributed by atoms with van der Waals surface area (Å²) in [6.45, 7) is 0.108. The summed E-state index contributed by atoms with van der Waals surface area (Å²) in [5.41, 5.74) is 0. The molecule has 0 bridgehead atoms. The van der Waals surface area contributed by atoms with Gasteiger partial charge in [0.15, 0.2) is 6.61 Å². The van der Waals surface area contributed by atoms with Crippen molar-refractivity contribution < 1.29 is 9.53 Å². The number of halogens is 1. The van der Waals surface area contributed by atoms with Crippen LogP contribution < -0.4 is 10.1 Å². The second kappa shape index (κ2) is 4.83. The summed E-state index contributed by atoms with van der Waals surface area (Å²) in [5.74, 6) is 0.737. The molecule has 0 spiro atoms. The summed E-state index contributed by atoms with van der Waals surface area (Å²) in [5, 5.41) is 2.88. The highest BCUT2D eigenvalue weighted by atomic mass is 127. The zero-order valence-corrected chi connectivity index (χ0v) is 10.4. The Labute approximate surface area is 102 Å². The Kier molecular flexibility index (Phi) is 3.45. The molecule has 1 amide bonds. The zero-order chi connectivity index (χ0) is 10.7. The molecule has 4 heteroatoms. The van der Waals surface area contributed by atoms with E-state index < -0.39 is 0 Å². The molecule has 0 saturated heterocycles. The van der Waals surface area contributed by atoms with Gasteiger partial charge >= 0.3 is 0 Å². The number of rotatable bonds is 4. The molecule has 0 heterocycles. The van der Waals surface area contributed by atoms with Crippen LogP contribution in [0.3, 0.4) is 0 Å². The molecule has 2 rings (SSSR count). The van der Waals surface area contributed by atoms with Crippen LogP contribution in [0.1, 0.15) is 12.8 Å². The molecule has 1 aliphatic carbocycles. The molecule has 80 valence electrons. The minimum absolute atomic E-state index is 0.0304. The van der Waals surface area contributed by atoms with E-state index in [-0.39, 0.29) is 12.5 Å². The molecule has 15 heavy (non-hydrogen) atoms. The molecule has 0 atom stereocenters. The summed E-state index contributed by atoms with van der Waals surface area (Å²) < 4.78 is 6.43. The first-order valence-corrected chi connectivity index (χ1v) is 6.00. The molecule has 0 aliphatic heterocycles. The highest BCUT2D eigenvalue weighted by molar-refractivity contribution is 14.1. The van der Waals surface area contributed by atoms with Crippen LogP contribution in [0.15, 0.2) is 24.3 Å². The van der Waals surface area contributed by atoms with Gasteiger partial charge in [0.05, 0.1) is 3.57 Å². The van der Waals surface area contributed by atoms with Crippen LogP contribution in [0, 0.1) is 3.57 Å². The monoisotopic (exact) mass is 317 g/mol. The third kappa shape index (κ3) is 3.37. The molecule has 1 saturated carbocycles. The van der Waals surface area contributed by atoms with Crippen LogP contribution in [0.4, 0.5) is 0 Å². The lowest BCUT2D eigenvalue weighted by Crippen LogP contribution is -2.30. The fraction of sp³-hybridized carbons (Fsp3) is 0.364. The lowest BCUT2D eigenvalue weighted by molar-refractivity contribution is -0.123. The van der Waals surface area contributed by atoms with Crippen LogP contribution in [0.2, 0.25) is 0 Å². The van der Waals surface area contributed by atoms with Crippen molar-refractivity contribution in [1.29, 1.82) is 0 Å². The fourth-order valence-electron chi connectivity index (χ4n) is 1.20. The number of benzene rings is 1. The van der Waals surface area contributed by atoms with Gasteiger partial charge in [-0.25, -0.2) is 0 Å². The lowest BCUT2D eigenvalue weighted by Gasteiger charge is -2.07. The van der Waals surface area contributed by atoms with E-state index in [4.69, 9.17) is 4.74 Å². The Morgan fingerprint density at radius 3 is 2.87 bits per heavy atom. The standard InChI is InChI=1S/C11H12INO2/c12-9-3-1-2-4-10(9)15-7-11(14)13-8-5-6-8/h1-4,8H,5-7H2,(H,13,14). The van der Waals surface area contributed by atoms with E-state index in [9.17, 15) is 4.79 Å². The molecule has 0 radical (unpaired) electrons. The number of para-hydroxylation sites is 1. The van der Waals surface area contributed by atoms with E-state index in [0.717, 1.165) is 22.2 Å². The van der Waals surface area contributed by atoms with Gasteiger partial charge in [0.25, 0.3) is 5.91 Å². The first-order chi connectivity index (χ1) is 7.25. The third-order valence-corrected chi connectivity index (χ3v) is 3.03. The summed E-state index contributed by atoms with van der Waals surface area (Å²) in [6, 6.07) is 8.06. The molecule has 0 aromatic heterocycles. The van der Waals surface area contributed by atoms with Gasteiger partial charge in [-0.05, 0) is 47.6 Å². The third-order valence-electron chi connectivity index (χ3n) is 2.14. The molecule has 0 unspecified atom stereocenters. The molecule has 1 aromatic rings. The number of amides is 1. The molecular weight excluding hydrogens is 305 g/mol. The summed E-state index contributed by atoms with van der Waals surface area (Å²) in [7, 11) is 0. The van der Waals surface area contributed by atoms with Gasteiger partial charge in [-0.2, -0.15) is 0 Å². The van der Waals surface area contributed by atoms with Gasteiger partial charge in [-0.15, -0.1) is 0 Å². The van der Waals surface area contributed by atoms with E-state index in [1.165, 1.54) is 0 Å². The maximum atomic E-state index is 11.3. The average molecular weight is 317 g/mol. The number of carbonyl (C=O) groups excluding carboxylic acids is 1. The number of nitrogens with one attached hydrogen (secondary N) is 1. The van der Waals surface area contributed by atoms with Crippen LogP contribution in [0.25, 0.3) is 0 Å². The second-order valence-electron chi connectivity index (χ2n) is 3.56. The van der Waals surface area contributed by atoms with Crippen molar-refractivity contribution in [2.75, 3.05) is 6.61 Å². The quantitative estimate of drug-likeness (QED) is 0.862. The first kappa shape index (κ1) is 10.7. The van der Waals surface area contributed by atoms with Gasteiger partial charge < -0.3 is 10.1 Å². The van der Waals surface area contributed by atoms with Crippen LogP contribution in [0.5, 0.6) is 5.75 Å². The minimum atomic E-state index is -0.0304. The largest absolute Gasteiger partial charge is 0.483 e. The number of hydrogen-bond acceptors (Lipinski definition) is 2. The maximum Gasteiger partial charge on any atom is 0.258 e. The van der Waals surface area contributed by atoms with E-state index in [0.29, 0.717) is 6.04 Å². The van der Waals surface area contributed by atoms with Crippen molar-refractivity contribution in [2.45, 2.75) is 18.9 Å². The van der Waals surface area contributed by atoms with Crippen molar-refractivity contribution in [3.05, 3.63) is 27.8 Å². The topological polar surface area (TPSA) is 38.3 Å². The first-order valence-electron chi connectivity index (χ1n) is 4.92. The van der Waals surface area contributed by atoms with Gasteiger partial charge in [-0.3, -0.25) is 4.79 Å². The molecule has 1 aliphatic rings. The number of hydrogen-bond donors (Lipinski definition) is 1. The Bertz CT molecular complexity index is 363. The van der Waals surface area contributed by atoms with Gasteiger partial charge in [0.2, 0.25) is 0 Å². The summed E-state index contributed by atoms with van der Waals surface area (Å²) in [4.78, 5) is 11.3. The maximum absolute atomic E-state index is 11.3. The Morgan fingerprint density at radius 1 is 1.47 bits per heavy atom. The zero-order valence-electron chi connectivity index (χ0n) is 8.20. The van der Waals surface area contributed by atoms with Crippen molar-refractivity contribution in [3.8, 4) is 5.75 Å². The highest BCUT2D eigenvalue weighted by Gasteiger charge is 2.23. The SMILES string of the molecule is O=C(COc1ccccc1I)NC1CC1. The van der Waals surface area contributed by atoms with Gasteiger partial charge in [0, 0.05) is 6.04 Å². The van der Waals surface area contributed by atoms with Crippen molar-refractivity contribution in [2.24, 2.45) is 0 Å².